The van der Waals surface area contributed by atoms with E-state index >= 15 is 0 Å². The van der Waals surface area contributed by atoms with Gasteiger partial charge in [-0.3, -0.25) is 4.79 Å². The van der Waals surface area contributed by atoms with E-state index in [4.69, 9.17) is 0 Å². The van der Waals surface area contributed by atoms with Crippen LogP contribution in [-0.4, -0.2) is 6.29 Å². The molecule has 0 aliphatic heterocycles. The van der Waals surface area contributed by atoms with Crippen molar-refractivity contribution < 1.29 is 4.79 Å². The van der Waals surface area contributed by atoms with Gasteiger partial charge in [0.1, 0.15) is 0 Å². The van der Waals surface area contributed by atoms with E-state index in [-0.39, 0.29) is 0 Å². The van der Waals surface area contributed by atoms with E-state index in [9.17, 15) is 4.79 Å². The third-order valence-electron chi connectivity index (χ3n) is 6.86. The van der Waals surface area contributed by atoms with Crippen LogP contribution in [-0.2, 0) is 19.3 Å². The number of hydrogen-bond acceptors (Lipinski definition) is 4. The summed E-state index contributed by atoms with van der Waals surface area (Å²) in [5.41, 5.74) is 4.42. The summed E-state index contributed by atoms with van der Waals surface area (Å²) in [6, 6.07) is 7.10. The van der Waals surface area contributed by atoms with Gasteiger partial charge in [0, 0.05) is 19.5 Å². The number of rotatable bonds is 18. The third kappa shape index (κ3) is 8.78. The monoisotopic (exact) mass is 654 g/mol. The molecule has 0 aliphatic rings. The van der Waals surface area contributed by atoms with Crippen molar-refractivity contribution in [2.75, 3.05) is 0 Å². The smallest absolute Gasteiger partial charge is 0.160 e. The molecule has 3 heterocycles. The number of halogens is 1. The number of carbonyl (C=O) groups is 1. The standard InChI is InChI=1S/C31H43IOS3/c1-4-7-10-13-16-23-19-26(22-33)34-30(23)31-24(17-14-11-8-5-2)20-27(35-31)29-25(21-28(32)36-29)18-15-12-9-6-3/h19-22H,4-18H2,1-3H3. The summed E-state index contributed by atoms with van der Waals surface area (Å²) in [6.07, 6.45) is 19.9. The fourth-order valence-corrected chi connectivity index (χ4v) is 9.37. The zero-order valence-corrected chi connectivity index (χ0v) is 27.0. The Morgan fingerprint density at radius 3 is 1.64 bits per heavy atom. The summed E-state index contributed by atoms with van der Waals surface area (Å²) in [5, 5.41) is 0. The van der Waals surface area contributed by atoms with Crippen LogP contribution in [0.1, 0.15) is 124 Å². The van der Waals surface area contributed by atoms with Crippen molar-refractivity contribution in [3.63, 3.8) is 0 Å². The van der Waals surface area contributed by atoms with Gasteiger partial charge in [0.2, 0.25) is 0 Å². The fourth-order valence-electron chi connectivity index (χ4n) is 4.82. The molecule has 0 N–H and O–H groups in total. The highest BCUT2D eigenvalue weighted by atomic mass is 127. The van der Waals surface area contributed by atoms with Crippen molar-refractivity contribution in [1.29, 1.82) is 0 Å². The molecule has 0 radical (unpaired) electrons. The summed E-state index contributed by atoms with van der Waals surface area (Å²) in [4.78, 5) is 18.3. The van der Waals surface area contributed by atoms with Crippen LogP contribution in [0.25, 0.3) is 19.5 Å². The Labute approximate surface area is 245 Å². The Bertz CT molecular complexity index is 1060. The molecule has 0 amide bonds. The second kappa shape index (κ2) is 16.5. The van der Waals surface area contributed by atoms with E-state index in [1.54, 1.807) is 11.3 Å². The van der Waals surface area contributed by atoms with Crippen LogP contribution >= 0.6 is 56.6 Å². The molecule has 0 atom stereocenters. The van der Waals surface area contributed by atoms with E-state index in [1.807, 2.05) is 22.7 Å². The molecule has 0 bridgehead atoms. The largest absolute Gasteiger partial charge is 0.297 e. The van der Waals surface area contributed by atoms with Crippen molar-refractivity contribution >= 4 is 62.9 Å². The van der Waals surface area contributed by atoms with Crippen molar-refractivity contribution in [2.24, 2.45) is 0 Å². The minimum absolute atomic E-state index is 0.879. The zero-order chi connectivity index (χ0) is 25.8. The van der Waals surface area contributed by atoms with Gasteiger partial charge in [-0.15, -0.1) is 34.0 Å². The maximum atomic E-state index is 11.7. The van der Waals surface area contributed by atoms with Crippen LogP contribution < -0.4 is 0 Å². The molecule has 198 valence electrons. The zero-order valence-electron chi connectivity index (χ0n) is 22.4. The van der Waals surface area contributed by atoms with Gasteiger partial charge in [0.05, 0.1) is 7.76 Å². The summed E-state index contributed by atoms with van der Waals surface area (Å²) in [7, 11) is 0. The van der Waals surface area contributed by atoms with Crippen LogP contribution in [0.2, 0.25) is 0 Å². The Kier molecular flexibility index (Phi) is 13.7. The molecule has 3 aromatic rings. The van der Waals surface area contributed by atoms with E-state index < -0.39 is 0 Å². The average molecular weight is 655 g/mol. The summed E-state index contributed by atoms with van der Waals surface area (Å²) in [6.45, 7) is 6.83. The van der Waals surface area contributed by atoms with Crippen molar-refractivity contribution in [1.82, 2.24) is 0 Å². The van der Waals surface area contributed by atoms with Gasteiger partial charge in [-0.1, -0.05) is 78.6 Å². The SMILES string of the molecule is CCCCCCc1cc(I)sc1-c1cc(CCCCCC)c(-c2sc(C=O)cc2CCCCCC)s1. The fraction of sp³-hybridized carbons (Fsp3) is 0.581. The summed E-state index contributed by atoms with van der Waals surface area (Å²) in [5.74, 6) is 0. The second-order valence-corrected chi connectivity index (χ2v) is 15.0. The molecule has 36 heavy (non-hydrogen) atoms. The summed E-state index contributed by atoms with van der Waals surface area (Å²) < 4.78 is 1.39. The lowest BCUT2D eigenvalue weighted by molar-refractivity contribution is 0.112. The van der Waals surface area contributed by atoms with Gasteiger partial charge < -0.3 is 0 Å². The van der Waals surface area contributed by atoms with E-state index in [0.29, 0.717) is 0 Å². The lowest BCUT2D eigenvalue weighted by atomic mass is 10.0. The molecular weight excluding hydrogens is 611 g/mol. The minimum Gasteiger partial charge on any atom is -0.297 e. The topological polar surface area (TPSA) is 17.1 Å². The van der Waals surface area contributed by atoms with Gasteiger partial charge in [-0.05, 0) is 96.0 Å². The molecule has 5 heteroatoms. The number of aldehydes is 1. The van der Waals surface area contributed by atoms with Crippen LogP contribution in [0.15, 0.2) is 18.2 Å². The molecule has 3 rings (SSSR count). The molecule has 0 saturated heterocycles. The van der Waals surface area contributed by atoms with Crippen LogP contribution in [0, 0.1) is 2.88 Å². The van der Waals surface area contributed by atoms with Crippen LogP contribution in [0.4, 0.5) is 0 Å². The van der Waals surface area contributed by atoms with Gasteiger partial charge in [0.15, 0.2) is 6.29 Å². The molecular formula is C31H43IOS3. The van der Waals surface area contributed by atoms with E-state index in [2.05, 4.69) is 61.6 Å². The number of thiophene rings is 3. The first-order chi connectivity index (χ1) is 17.6. The minimum atomic E-state index is 0.879. The van der Waals surface area contributed by atoms with Gasteiger partial charge in [-0.2, -0.15) is 0 Å². The quantitative estimate of drug-likeness (QED) is 0.0758. The predicted molar refractivity (Wildman–Crippen MR) is 173 cm³/mol. The number of hydrogen-bond donors (Lipinski definition) is 0. The summed E-state index contributed by atoms with van der Waals surface area (Å²) >= 11 is 8.16. The van der Waals surface area contributed by atoms with Crippen LogP contribution in [0.3, 0.4) is 0 Å². The van der Waals surface area contributed by atoms with Crippen molar-refractivity contribution in [2.45, 2.75) is 117 Å². The van der Waals surface area contributed by atoms with Crippen molar-refractivity contribution in [3.05, 3.63) is 42.7 Å². The van der Waals surface area contributed by atoms with Crippen molar-refractivity contribution in [3.8, 4) is 19.5 Å². The first-order valence-corrected chi connectivity index (χ1v) is 17.6. The normalized spacial score (nSPS) is 11.4. The Morgan fingerprint density at radius 2 is 1.11 bits per heavy atom. The molecule has 0 fully saturated rings. The van der Waals surface area contributed by atoms with Crippen LogP contribution in [0.5, 0.6) is 0 Å². The first kappa shape index (κ1) is 30.0. The Balaban J connectivity index is 1.94. The lowest BCUT2D eigenvalue weighted by Gasteiger charge is -2.06. The third-order valence-corrected chi connectivity index (χ3v) is 11.4. The molecule has 3 aromatic heterocycles. The molecule has 0 spiro atoms. The van der Waals surface area contributed by atoms with Gasteiger partial charge in [0.25, 0.3) is 0 Å². The molecule has 1 nitrogen and oxygen atoms in total. The molecule has 0 saturated carbocycles. The molecule has 0 aromatic carbocycles. The second-order valence-electron chi connectivity index (χ2n) is 9.92. The van der Waals surface area contributed by atoms with Gasteiger partial charge in [-0.25, -0.2) is 0 Å². The predicted octanol–water partition coefficient (Wildman–Crippen LogP) is 12.0. The van der Waals surface area contributed by atoms with Gasteiger partial charge >= 0.3 is 0 Å². The Morgan fingerprint density at radius 1 is 0.611 bits per heavy atom. The maximum absolute atomic E-state index is 11.7. The lowest BCUT2D eigenvalue weighted by Crippen LogP contribution is -1.89. The number of unbranched alkanes of at least 4 members (excludes halogenated alkanes) is 9. The maximum Gasteiger partial charge on any atom is 0.160 e. The van der Waals surface area contributed by atoms with E-state index in [1.165, 1.54) is 123 Å². The molecule has 0 aliphatic carbocycles. The first-order valence-electron chi connectivity index (χ1n) is 14.1. The Hall–Kier alpha value is -0.500. The highest BCUT2D eigenvalue weighted by molar-refractivity contribution is 14.1. The average Bonchev–Trinajstić information content (AvgIpc) is 3.58. The highest BCUT2D eigenvalue weighted by Gasteiger charge is 2.20. The number of aryl methyl sites for hydroxylation is 3. The highest BCUT2D eigenvalue weighted by Crippen LogP contribution is 2.46. The van der Waals surface area contributed by atoms with E-state index in [0.717, 1.165) is 24.0 Å². The molecule has 0 unspecified atom stereocenters. The number of carbonyl (C=O) groups excluding carboxylic acids is 1.